The van der Waals surface area contributed by atoms with Gasteiger partial charge in [0.1, 0.15) is 0 Å². The molecule has 0 unspecified atom stereocenters. The molecule has 0 bridgehead atoms. The Balaban J connectivity index is 2.29. The number of nitrogens with zero attached hydrogens (tertiary/aromatic N) is 2. The average Bonchev–Trinajstić information content (AvgIpc) is 2.64. The van der Waals surface area contributed by atoms with Crippen LogP contribution in [0.5, 0.6) is 0 Å². The molecule has 6 heteroatoms. The number of para-hydroxylation sites is 1. The molecule has 0 aliphatic rings. The summed E-state index contributed by atoms with van der Waals surface area (Å²) >= 11 is 1.34. The van der Waals surface area contributed by atoms with Crippen LogP contribution in [0.25, 0.3) is 10.9 Å². The highest BCUT2D eigenvalue weighted by Gasteiger charge is 2.17. The van der Waals surface area contributed by atoms with Crippen LogP contribution in [0.4, 0.5) is 0 Å². The van der Waals surface area contributed by atoms with Crippen molar-refractivity contribution >= 4 is 28.6 Å². The molecule has 0 fully saturated rings. The van der Waals surface area contributed by atoms with E-state index in [-0.39, 0.29) is 23.3 Å². The van der Waals surface area contributed by atoms with E-state index in [0.717, 1.165) is 25.7 Å². The number of nitrogens with one attached hydrogen (secondary N) is 1. The Bertz CT molecular complexity index is 817. The summed E-state index contributed by atoms with van der Waals surface area (Å²) < 4.78 is 1.78. The number of hydrogen-bond acceptors (Lipinski definition) is 4. The van der Waals surface area contributed by atoms with Gasteiger partial charge >= 0.3 is 0 Å². The number of benzene rings is 1. The molecule has 0 spiro atoms. The van der Waals surface area contributed by atoms with E-state index in [4.69, 9.17) is 4.98 Å². The summed E-state index contributed by atoms with van der Waals surface area (Å²) in [6.45, 7) is 9.19. The molecule has 1 heterocycles. The predicted octanol–water partition coefficient (Wildman–Crippen LogP) is 4.40. The van der Waals surface area contributed by atoms with Crippen LogP contribution < -0.4 is 10.9 Å². The Hall–Kier alpha value is -1.82. The summed E-state index contributed by atoms with van der Waals surface area (Å²) in [4.78, 5) is 29.8. The number of carbonyl (C=O) groups excluding carboxylic acids is 1. The van der Waals surface area contributed by atoms with Gasteiger partial charge in [-0.3, -0.25) is 14.2 Å². The minimum Gasteiger partial charge on any atom is -0.355 e. The van der Waals surface area contributed by atoms with Gasteiger partial charge in [0.2, 0.25) is 5.91 Å². The second-order valence-electron chi connectivity index (χ2n) is 7.40. The van der Waals surface area contributed by atoms with Gasteiger partial charge in [-0.05, 0) is 37.8 Å². The maximum Gasteiger partial charge on any atom is 0.262 e. The minimum atomic E-state index is -0.0248. The molecule has 1 atom stereocenters. The van der Waals surface area contributed by atoms with Crippen molar-refractivity contribution in [2.45, 2.75) is 64.6 Å². The minimum absolute atomic E-state index is 0.0193. The van der Waals surface area contributed by atoms with Crippen LogP contribution in [0.3, 0.4) is 0 Å². The van der Waals surface area contributed by atoms with E-state index in [9.17, 15) is 9.59 Å². The SMILES string of the molecule is CCCNC(=O)CSc1nc2ccccc2c(=O)n1[C@@H](C)CCCC(C)C. The van der Waals surface area contributed by atoms with E-state index in [0.29, 0.717) is 28.5 Å². The molecule has 27 heavy (non-hydrogen) atoms. The van der Waals surface area contributed by atoms with Gasteiger partial charge in [0.05, 0.1) is 16.7 Å². The molecule has 1 amide bonds. The lowest BCUT2D eigenvalue weighted by atomic mass is 10.0. The van der Waals surface area contributed by atoms with Crippen LogP contribution in [0, 0.1) is 5.92 Å². The van der Waals surface area contributed by atoms with Crippen molar-refractivity contribution in [3.63, 3.8) is 0 Å². The van der Waals surface area contributed by atoms with Gasteiger partial charge in [0.25, 0.3) is 5.56 Å². The molecule has 1 aromatic heterocycles. The topological polar surface area (TPSA) is 64.0 Å². The normalized spacial score (nSPS) is 12.5. The lowest BCUT2D eigenvalue weighted by Crippen LogP contribution is -2.28. The Kier molecular flexibility index (Phi) is 8.35. The van der Waals surface area contributed by atoms with Crippen molar-refractivity contribution in [1.82, 2.24) is 14.9 Å². The summed E-state index contributed by atoms with van der Waals surface area (Å²) in [7, 11) is 0. The second-order valence-corrected chi connectivity index (χ2v) is 8.34. The number of aromatic nitrogens is 2. The summed E-state index contributed by atoms with van der Waals surface area (Å²) in [5, 5.41) is 4.13. The van der Waals surface area contributed by atoms with Gasteiger partial charge in [0, 0.05) is 12.6 Å². The van der Waals surface area contributed by atoms with Crippen LogP contribution in [-0.2, 0) is 4.79 Å². The highest BCUT2D eigenvalue weighted by Crippen LogP contribution is 2.24. The molecular weight excluding hydrogens is 358 g/mol. The highest BCUT2D eigenvalue weighted by molar-refractivity contribution is 7.99. The van der Waals surface area contributed by atoms with Crippen LogP contribution in [0.15, 0.2) is 34.2 Å². The van der Waals surface area contributed by atoms with Crippen molar-refractivity contribution in [2.24, 2.45) is 5.92 Å². The molecule has 5 nitrogen and oxygen atoms in total. The number of rotatable bonds is 10. The Labute approximate surface area is 166 Å². The van der Waals surface area contributed by atoms with Crippen LogP contribution >= 0.6 is 11.8 Å². The van der Waals surface area contributed by atoms with Gasteiger partial charge in [-0.25, -0.2) is 4.98 Å². The summed E-state index contributed by atoms with van der Waals surface area (Å²) in [5.74, 6) is 0.895. The molecule has 0 aliphatic carbocycles. The molecule has 0 saturated heterocycles. The molecule has 2 aromatic rings. The smallest absolute Gasteiger partial charge is 0.262 e. The summed E-state index contributed by atoms with van der Waals surface area (Å²) in [5.41, 5.74) is 0.665. The third kappa shape index (κ3) is 6.09. The van der Waals surface area contributed by atoms with Crippen molar-refractivity contribution < 1.29 is 4.79 Å². The van der Waals surface area contributed by atoms with Gasteiger partial charge in [-0.15, -0.1) is 0 Å². The number of carbonyl (C=O) groups is 1. The number of hydrogen-bond donors (Lipinski definition) is 1. The Morgan fingerprint density at radius 3 is 2.67 bits per heavy atom. The Morgan fingerprint density at radius 2 is 1.96 bits per heavy atom. The molecule has 1 N–H and O–H groups in total. The van der Waals surface area contributed by atoms with Crippen LogP contribution in [0.1, 0.15) is 59.4 Å². The number of thioether (sulfide) groups is 1. The molecule has 0 radical (unpaired) electrons. The molecule has 2 rings (SSSR count). The van der Waals surface area contributed by atoms with Crippen molar-refractivity contribution in [3.8, 4) is 0 Å². The fourth-order valence-electron chi connectivity index (χ4n) is 3.01. The van der Waals surface area contributed by atoms with Crippen molar-refractivity contribution in [3.05, 3.63) is 34.6 Å². The lowest BCUT2D eigenvalue weighted by molar-refractivity contribution is -0.118. The molecule has 1 aromatic carbocycles. The Morgan fingerprint density at radius 1 is 1.22 bits per heavy atom. The van der Waals surface area contributed by atoms with Crippen molar-refractivity contribution in [1.29, 1.82) is 0 Å². The van der Waals surface area contributed by atoms with E-state index in [1.807, 2.05) is 31.2 Å². The van der Waals surface area contributed by atoms with Gasteiger partial charge in [-0.1, -0.05) is 57.5 Å². The fourth-order valence-corrected chi connectivity index (χ4v) is 3.94. The standard InChI is InChI=1S/C21H31N3O2S/c1-5-13-22-19(25)14-27-21-23-18-12-7-6-11-17(18)20(26)24(21)16(4)10-8-9-15(2)3/h6-7,11-12,15-16H,5,8-10,13-14H2,1-4H3,(H,22,25)/t16-/m0/s1. The van der Waals surface area contributed by atoms with Crippen LogP contribution in [-0.4, -0.2) is 27.8 Å². The first-order valence-corrected chi connectivity index (χ1v) is 10.8. The van der Waals surface area contributed by atoms with Crippen LogP contribution in [0.2, 0.25) is 0 Å². The zero-order valence-electron chi connectivity index (χ0n) is 16.8. The molecular formula is C21H31N3O2S. The monoisotopic (exact) mass is 389 g/mol. The first-order valence-electron chi connectivity index (χ1n) is 9.84. The molecule has 0 aliphatic heterocycles. The predicted molar refractivity (Wildman–Crippen MR) is 113 cm³/mol. The average molecular weight is 390 g/mol. The number of fused-ring (bicyclic) bond motifs is 1. The first kappa shape index (κ1) is 21.5. The third-order valence-electron chi connectivity index (χ3n) is 4.52. The summed E-state index contributed by atoms with van der Waals surface area (Å²) in [6.07, 6.45) is 4.04. The van der Waals surface area contributed by atoms with E-state index >= 15 is 0 Å². The van der Waals surface area contributed by atoms with E-state index in [1.165, 1.54) is 11.8 Å². The van der Waals surface area contributed by atoms with Gasteiger partial charge in [0.15, 0.2) is 5.16 Å². The lowest BCUT2D eigenvalue weighted by Gasteiger charge is -2.20. The third-order valence-corrected chi connectivity index (χ3v) is 5.48. The zero-order valence-corrected chi connectivity index (χ0v) is 17.6. The zero-order chi connectivity index (χ0) is 19.8. The van der Waals surface area contributed by atoms with Crippen molar-refractivity contribution in [2.75, 3.05) is 12.3 Å². The van der Waals surface area contributed by atoms with Gasteiger partial charge in [-0.2, -0.15) is 0 Å². The largest absolute Gasteiger partial charge is 0.355 e. The summed E-state index contributed by atoms with van der Waals surface area (Å²) in [6, 6.07) is 7.48. The molecule has 0 saturated carbocycles. The fraction of sp³-hybridized carbons (Fsp3) is 0.571. The molecule has 148 valence electrons. The van der Waals surface area contributed by atoms with Gasteiger partial charge < -0.3 is 5.32 Å². The van der Waals surface area contributed by atoms with E-state index < -0.39 is 0 Å². The first-order chi connectivity index (χ1) is 12.9. The maximum atomic E-state index is 13.1. The number of amides is 1. The highest BCUT2D eigenvalue weighted by atomic mass is 32.2. The quantitative estimate of drug-likeness (QED) is 0.483. The maximum absolute atomic E-state index is 13.1. The van der Waals surface area contributed by atoms with E-state index in [2.05, 4.69) is 26.1 Å². The second kappa shape index (κ2) is 10.5. The van der Waals surface area contributed by atoms with E-state index in [1.54, 1.807) is 4.57 Å².